The standard InChI is InChI=1S/C22H30N4O3/c1-22(2,3)29-21(28)26-13-8-16-14-24(11-9-18(16)26)20(27)10-12-25-15-23-17-6-4-5-7-19(17)25/h4-7,15-16,18H,8-14H2,1-3H3/t16-,18-/m0/s1. The van der Waals surface area contributed by atoms with Crippen molar-refractivity contribution >= 4 is 23.0 Å². The minimum absolute atomic E-state index is 0.178. The van der Waals surface area contributed by atoms with Crippen molar-refractivity contribution < 1.29 is 14.3 Å². The number of rotatable bonds is 3. The zero-order valence-electron chi connectivity index (χ0n) is 17.5. The molecular formula is C22H30N4O3. The second kappa shape index (κ2) is 7.69. The van der Waals surface area contributed by atoms with E-state index in [-0.39, 0.29) is 18.0 Å². The van der Waals surface area contributed by atoms with Crippen LogP contribution in [0, 0.1) is 5.92 Å². The molecule has 7 nitrogen and oxygen atoms in total. The first kappa shape index (κ1) is 19.7. The number of nitrogens with zero attached hydrogens (tertiary/aromatic N) is 4. The maximum Gasteiger partial charge on any atom is 0.410 e. The zero-order chi connectivity index (χ0) is 20.6. The quantitative estimate of drug-likeness (QED) is 0.796. The lowest BCUT2D eigenvalue weighted by molar-refractivity contribution is -0.133. The highest BCUT2D eigenvalue weighted by molar-refractivity contribution is 5.78. The van der Waals surface area contributed by atoms with E-state index < -0.39 is 5.60 Å². The van der Waals surface area contributed by atoms with E-state index in [1.165, 1.54) is 0 Å². The number of fused-ring (bicyclic) bond motifs is 2. The average molecular weight is 399 g/mol. The molecule has 0 radical (unpaired) electrons. The maximum absolute atomic E-state index is 12.8. The van der Waals surface area contributed by atoms with Gasteiger partial charge in [-0.3, -0.25) is 4.79 Å². The smallest absolute Gasteiger partial charge is 0.410 e. The molecule has 2 aliphatic rings. The Balaban J connectivity index is 1.32. The van der Waals surface area contributed by atoms with Crippen molar-refractivity contribution in [3.8, 4) is 0 Å². The van der Waals surface area contributed by atoms with E-state index in [1.54, 1.807) is 6.33 Å². The van der Waals surface area contributed by atoms with Gasteiger partial charge in [-0.25, -0.2) is 9.78 Å². The van der Waals surface area contributed by atoms with Crippen LogP contribution in [0.15, 0.2) is 30.6 Å². The van der Waals surface area contributed by atoms with Crippen molar-refractivity contribution in [2.75, 3.05) is 19.6 Å². The summed E-state index contributed by atoms with van der Waals surface area (Å²) in [6.07, 6.45) is 3.80. The molecule has 0 bridgehead atoms. The summed E-state index contributed by atoms with van der Waals surface area (Å²) in [6, 6.07) is 8.16. The molecule has 2 atom stereocenters. The molecule has 0 N–H and O–H groups in total. The number of hydrogen-bond donors (Lipinski definition) is 0. The number of hydrogen-bond acceptors (Lipinski definition) is 4. The van der Waals surface area contributed by atoms with E-state index in [0.29, 0.717) is 32.0 Å². The average Bonchev–Trinajstić information content (AvgIpc) is 3.28. The summed E-state index contributed by atoms with van der Waals surface area (Å²) in [5.41, 5.74) is 1.53. The van der Waals surface area contributed by atoms with Crippen LogP contribution in [0.5, 0.6) is 0 Å². The van der Waals surface area contributed by atoms with Gasteiger partial charge in [-0.2, -0.15) is 0 Å². The van der Waals surface area contributed by atoms with Crippen LogP contribution < -0.4 is 0 Å². The molecule has 0 spiro atoms. The third-order valence-corrected chi connectivity index (χ3v) is 5.91. The van der Waals surface area contributed by atoms with E-state index in [0.717, 1.165) is 30.4 Å². The molecule has 1 aromatic carbocycles. The van der Waals surface area contributed by atoms with E-state index in [4.69, 9.17) is 4.74 Å². The number of carbonyl (C=O) groups excluding carboxylic acids is 2. The number of amides is 2. The second-order valence-electron chi connectivity index (χ2n) is 9.09. The highest BCUT2D eigenvalue weighted by Crippen LogP contribution is 2.32. The van der Waals surface area contributed by atoms with Crippen molar-refractivity contribution in [2.24, 2.45) is 5.92 Å². The third-order valence-electron chi connectivity index (χ3n) is 5.91. The summed E-state index contributed by atoms with van der Waals surface area (Å²) >= 11 is 0. The van der Waals surface area contributed by atoms with Gasteiger partial charge in [0.25, 0.3) is 0 Å². The van der Waals surface area contributed by atoms with Gasteiger partial charge in [0, 0.05) is 38.6 Å². The van der Waals surface area contributed by atoms with Gasteiger partial charge in [-0.1, -0.05) is 12.1 Å². The molecule has 3 heterocycles. The fourth-order valence-electron chi connectivity index (χ4n) is 4.52. The predicted molar refractivity (Wildman–Crippen MR) is 110 cm³/mol. The Kier molecular flexibility index (Phi) is 5.23. The Morgan fingerprint density at radius 2 is 1.97 bits per heavy atom. The molecule has 2 saturated heterocycles. The predicted octanol–water partition coefficient (Wildman–Crippen LogP) is 3.28. The molecule has 0 unspecified atom stereocenters. The highest BCUT2D eigenvalue weighted by atomic mass is 16.6. The number of benzene rings is 1. The van der Waals surface area contributed by atoms with Crippen LogP contribution in [-0.4, -0.2) is 62.6 Å². The monoisotopic (exact) mass is 398 g/mol. The van der Waals surface area contributed by atoms with Gasteiger partial charge in [-0.05, 0) is 51.7 Å². The Morgan fingerprint density at radius 1 is 1.17 bits per heavy atom. The SMILES string of the molecule is CC(C)(C)OC(=O)N1CC[C@H]2CN(C(=O)CCn3cnc4ccccc43)CC[C@@H]21. The van der Waals surface area contributed by atoms with Crippen LogP contribution in [0.3, 0.4) is 0 Å². The first-order valence-electron chi connectivity index (χ1n) is 10.5. The van der Waals surface area contributed by atoms with E-state index in [1.807, 2.05) is 59.4 Å². The van der Waals surface area contributed by atoms with Crippen molar-refractivity contribution in [2.45, 2.75) is 58.2 Å². The molecule has 2 aromatic rings. The molecule has 2 aliphatic heterocycles. The molecule has 2 amide bonds. The van der Waals surface area contributed by atoms with Crippen molar-refractivity contribution in [3.05, 3.63) is 30.6 Å². The number of imidazole rings is 1. The molecule has 1 aromatic heterocycles. The number of aryl methyl sites for hydroxylation is 1. The van der Waals surface area contributed by atoms with E-state index in [9.17, 15) is 9.59 Å². The molecule has 0 aliphatic carbocycles. The molecular weight excluding hydrogens is 368 g/mol. The summed E-state index contributed by atoms with van der Waals surface area (Å²) in [6.45, 7) is 8.45. The van der Waals surface area contributed by atoms with Gasteiger partial charge >= 0.3 is 6.09 Å². The van der Waals surface area contributed by atoms with Crippen molar-refractivity contribution in [1.29, 1.82) is 0 Å². The highest BCUT2D eigenvalue weighted by Gasteiger charge is 2.42. The Labute approximate surface area is 171 Å². The van der Waals surface area contributed by atoms with Crippen LogP contribution in [0.4, 0.5) is 4.79 Å². The van der Waals surface area contributed by atoms with Gasteiger partial charge in [0.15, 0.2) is 0 Å². The van der Waals surface area contributed by atoms with Gasteiger partial charge in [0.1, 0.15) is 5.60 Å². The first-order valence-corrected chi connectivity index (χ1v) is 10.5. The van der Waals surface area contributed by atoms with Crippen LogP contribution in [0.2, 0.25) is 0 Å². The number of aromatic nitrogens is 2. The lowest BCUT2D eigenvalue weighted by atomic mass is 9.92. The van der Waals surface area contributed by atoms with E-state index >= 15 is 0 Å². The van der Waals surface area contributed by atoms with Crippen LogP contribution in [0.1, 0.15) is 40.0 Å². The molecule has 0 saturated carbocycles. The van der Waals surface area contributed by atoms with Gasteiger partial charge in [0.2, 0.25) is 5.91 Å². The van der Waals surface area contributed by atoms with Gasteiger partial charge in [-0.15, -0.1) is 0 Å². The van der Waals surface area contributed by atoms with Crippen molar-refractivity contribution in [3.63, 3.8) is 0 Å². The first-order chi connectivity index (χ1) is 13.8. The second-order valence-corrected chi connectivity index (χ2v) is 9.09. The van der Waals surface area contributed by atoms with Crippen LogP contribution in [0.25, 0.3) is 11.0 Å². The van der Waals surface area contributed by atoms with Crippen LogP contribution in [-0.2, 0) is 16.1 Å². The minimum atomic E-state index is -0.483. The van der Waals surface area contributed by atoms with Crippen LogP contribution >= 0.6 is 0 Å². The third kappa shape index (κ3) is 4.23. The Hall–Kier alpha value is -2.57. The fourth-order valence-corrected chi connectivity index (χ4v) is 4.52. The number of piperidine rings is 1. The molecule has 2 fully saturated rings. The van der Waals surface area contributed by atoms with Gasteiger partial charge in [0.05, 0.1) is 17.4 Å². The fraction of sp³-hybridized carbons (Fsp3) is 0.591. The van der Waals surface area contributed by atoms with E-state index in [2.05, 4.69) is 4.98 Å². The summed E-state index contributed by atoms with van der Waals surface area (Å²) in [5, 5.41) is 0. The lowest BCUT2D eigenvalue weighted by Gasteiger charge is -2.38. The zero-order valence-corrected chi connectivity index (χ0v) is 17.5. The number of carbonyl (C=O) groups is 2. The molecule has 7 heteroatoms. The number of para-hydroxylation sites is 2. The summed E-state index contributed by atoms with van der Waals surface area (Å²) in [5.74, 6) is 0.520. The minimum Gasteiger partial charge on any atom is -0.444 e. The molecule has 156 valence electrons. The number of ether oxygens (including phenoxy) is 1. The summed E-state index contributed by atoms with van der Waals surface area (Å²) in [4.78, 5) is 33.5. The Bertz CT molecular complexity index is 901. The molecule has 29 heavy (non-hydrogen) atoms. The van der Waals surface area contributed by atoms with Crippen molar-refractivity contribution in [1.82, 2.24) is 19.4 Å². The normalized spacial score (nSPS) is 22.0. The number of likely N-dealkylation sites (tertiary alicyclic amines) is 2. The summed E-state index contributed by atoms with van der Waals surface area (Å²) in [7, 11) is 0. The topological polar surface area (TPSA) is 67.7 Å². The maximum atomic E-state index is 12.8. The molecule has 4 rings (SSSR count). The lowest BCUT2D eigenvalue weighted by Crippen LogP contribution is -2.50. The van der Waals surface area contributed by atoms with Gasteiger partial charge < -0.3 is 19.1 Å². The Morgan fingerprint density at radius 3 is 2.76 bits per heavy atom. The summed E-state index contributed by atoms with van der Waals surface area (Å²) < 4.78 is 7.60. The largest absolute Gasteiger partial charge is 0.444 e.